The Balaban J connectivity index is 1.82. The lowest BCUT2D eigenvalue weighted by atomic mass is 10.2. The van der Waals surface area contributed by atoms with Crippen LogP contribution in [0.25, 0.3) is 0 Å². The molecule has 3 rings (SSSR count). The maximum absolute atomic E-state index is 12.8. The average molecular weight is 405 g/mol. The van der Waals surface area contributed by atoms with Crippen LogP contribution in [0, 0.1) is 0 Å². The number of nitrogens with zero attached hydrogens (tertiary/aromatic N) is 3. The molecule has 1 atom stereocenters. The van der Waals surface area contributed by atoms with Gasteiger partial charge < -0.3 is 14.2 Å². The number of hydrogen-bond acceptors (Lipinski definition) is 6. The van der Waals surface area contributed by atoms with Crippen molar-refractivity contribution in [2.75, 3.05) is 44.9 Å². The molecule has 0 aliphatic carbocycles. The lowest BCUT2D eigenvalue weighted by molar-refractivity contribution is 0.0729. The van der Waals surface area contributed by atoms with Crippen LogP contribution in [-0.2, 0) is 31.6 Å². The van der Waals surface area contributed by atoms with E-state index in [1.54, 1.807) is 14.1 Å². The molecule has 0 unspecified atom stereocenters. The van der Waals surface area contributed by atoms with Gasteiger partial charge in [-0.15, -0.1) is 0 Å². The summed E-state index contributed by atoms with van der Waals surface area (Å²) in [6, 6.07) is 0.967. The summed E-state index contributed by atoms with van der Waals surface area (Å²) in [5.74, 6) is -0.379. The fourth-order valence-corrected chi connectivity index (χ4v) is 6.51. The van der Waals surface area contributed by atoms with Crippen molar-refractivity contribution >= 4 is 25.8 Å². The molecular weight excluding hydrogens is 382 g/mol. The van der Waals surface area contributed by atoms with Gasteiger partial charge in [-0.1, -0.05) is 0 Å². The van der Waals surface area contributed by atoms with Crippen LogP contribution in [0.3, 0.4) is 0 Å². The lowest BCUT2D eigenvalue weighted by Gasteiger charge is -2.25. The monoisotopic (exact) mass is 405 g/mol. The van der Waals surface area contributed by atoms with Crippen LogP contribution in [0.5, 0.6) is 0 Å². The zero-order valence-corrected chi connectivity index (χ0v) is 16.4. The number of carbonyl (C=O) groups is 1. The first-order chi connectivity index (χ1) is 12.1. The number of amides is 1. The molecule has 146 valence electrons. The fraction of sp³-hybridized carbons (Fsp3) is 0.667. The molecule has 2 saturated heterocycles. The molecule has 0 N–H and O–H groups in total. The summed E-state index contributed by atoms with van der Waals surface area (Å²) in [5.41, 5.74) is 0.212. The zero-order valence-electron chi connectivity index (χ0n) is 14.8. The molecule has 9 nitrogen and oxygen atoms in total. The topological polar surface area (TPSA) is 106 Å². The first-order valence-corrected chi connectivity index (χ1v) is 11.6. The molecule has 1 amide bonds. The van der Waals surface area contributed by atoms with Gasteiger partial charge in [-0.3, -0.25) is 4.79 Å². The summed E-state index contributed by atoms with van der Waals surface area (Å²) in [4.78, 5) is 14.2. The van der Waals surface area contributed by atoms with Crippen LogP contribution < -0.4 is 0 Å². The smallest absolute Gasteiger partial charge is 0.270 e. The number of carbonyl (C=O) groups excluding carboxylic acids is 1. The van der Waals surface area contributed by atoms with Gasteiger partial charge >= 0.3 is 0 Å². The number of hydrogen-bond donors (Lipinski definition) is 0. The molecule has 2 aliphatic heterocycles. The normalized spacial score (nSPS) is 23.8. The highest BCUT2D eigenvalue weighted by Crippen LogP contribution is 2.23. The molecule has 3 heterocycles. The molecule has 2 fully saturated rings. The van der Waals surface area contributed by atoms with E-state index in [1.165, 1.54) is 26.0 Å². The summed E-state index contributed by atoms with van der Waals surface area (Å²) < 4.78 is 56.8. The molecule has 0 radical (unpaired) electrons. The minimum Gasteiger partial charge on any atom is -0.379 e. The Kier molecular flexibility index (Phi) is 5.17. The molecule has 1 aromatic rings. The van der Waals surface area contributed by atoms with Crippen molar-refractivity contribution in [2.24, 2.45) is 7.05 Å². The van der Waals surface area contributed by atoms with Crippen LogP contribution in [0.4, 0.5) is 0 Å². The Morgan fingerprint density at radius 1 is 1.31 bits per heavy atom. The highest BCUT2D eigenvalue weighted by atomic mass is 32.2. The van der Waals surface area contributed by atoms with E-state index in [9.17, 15) is 21.6 Å². The van der Waals surface area contributed by atoms with E-state index >= 15 is 0 Å². The molecule has 2 aliphatic rings. The van der Waals surface area contributed by atoms with Gasteiger partial charge in [-0.05, 0) is 12.5 Å². The second-order valence-electron chi connectivity index (χ2n) is 6.66. The van der Waals surface area contributed by atoms with Gasteiger partial charge in [0.25, 0.3) is 5.91 Å². The number of aromatic nitrogens is 1. The molecular formula is C15H23N3O6S2. The molecule has 0 aromatic carbocycles. The molecule has 0 saturated carbocycles. The van der Waals surface area contributed by atoms with Crippen molar-refractivity contribution < 1.29 is 26.4 Å². The van der Waals surface area contributed by atoms with Crippen LogP contribution in [0.1, 0.15) is 16.9 Å². The van der Waals surface area contributed by atoms with Crippen molar-refractivity contribution in [1.29, 1.82) is 0 Å². The Morgan fingerprint density at radius 3 is 2.54 bits per heavy atom. The number of sulfone groups is 1. The third-order valence-electron chi connectivity index (χ3n) is 4.88. The van der Waals surface area contributed by atoms with Crippen molar-refractivity contribution in [3.63, 3.8) is 0 Å². The first-order valence-electron chi connectivity index (χ1n) is 8.34. The highest BCUT2D eigenvalue weighted by molar-refractivity contribution is 7.91. The van der Waals surface area contributed by atoms with E-state index < -0.39 is 25.8 Å². The minimum absolute atomic E-state index is 0.0534. The van der Waals surface area contributed by atoms with E-state index in [0.717, 1.165) is 0 Å². The van der Waals surface area contributed by atoms with Crippen LogP contribution >= 0.6 is 0 Å². The van der Waals surface area contributed by atoms with Gasteiger partial charge in [0.15, 0.2) is 9.84 Å². The number of rotatable bonds is 4. The number of morpholine rings is 1. The Labute approximate surface area is 153 Å². The summed E-state index contributed by atoms with van der Waals surface area (Å²) in [6.45, 7) is 1.24. The third-order valence-corrected chi connectivity index (χ3v) is 8.50. The van der Waals surface area contributed by atoms with Gasteiger partial charge in [0.1, 0.15) is 10.6 Å². The summed E-state index contributed by atoms with van der Waals surface area (Å²) >= 11 is 0. The molecule has 0 spiro atoms. The SMILES string of the molecule is CN(C(=O)c1cc(S(=O)(=O)N2CCOCC2)cn1C)[C@@H]1CCS(=O)(=O)C1. The van der Waals surface area contributed by atoms with Crippen LogP contribution in [0.2, 0.25) is 0 Å². The fourth-order valence-electron chi connectivity index (χ4n) is 3.25. The predicted octanol–water partition coefficient (Wildman–Crippen LogP) is -0.695. The van der Waals surface area contributed by atoms with Crippen molar-refractivity contribution in [1.82, 2.24) is 13.8 Å². The van der Waals surface area contributed by atoms with Gasteiger partial charge in [0.2, 0.25) is 10.0 Å². The second kappa shape index (κ2) is 6.95. The van der Waals surface area contributed by atoms with Crippen LogP contribution in [-0.4, -0.2) is 87.4 Å². The molecule has 26 heavy (non-hydrogen) atoms. The van der Waals surface area contributed by atoms with Gasteiger partial charge in [0, 0.05) is 39.4 Å². The quantitative estimate of drug-likeness (QED) is 0.656. The maximum atomic E-state index is 12.8. The van der Waals surface area contributed by atoms with E-state index in [0.29, 0.717) is 19.6 Å². The molecule has 1 aromatic heterocycles. The average Bonchev–Trinajstić information content (AvgIpc) is 3.17. The maximum Gasteiger partial charge on any atom is 0.270 e. The number of sulfonamides is 1. The summed E-state index contributed by atoms with van der Waals surface area (Å²) in [7, 11) is -3.65. The van der Waals surface area contributed by atoms with Gasteiger partial charge in [-0.25, -0.2) is 16.8 Å². The van der Waals surface area contributed by atoms with Crippen LogP contribution in [0.15, 0.2) is 17.2 Å². The largest absolute Gasteiger partial charge is 0.379 e. The van der Waals surface area contributed by atoms with Crippen molar-refractivity contribution in [3.8, 4) is 0 Å². The van der Waals surface area contributed by atoms with E-state index in [2.05, 4.69) is 0 Å². The Hall–Kier alpha value is -1.43. The first kappa shape index (κ1) is 19.3. The Morgan fingerprint density at radius 2 is 1.96 bits per heavy atom. The van der Waals surface area contributed by atoms with E-state index in [-0.39, 0.29) is 41.2 Å². The number of aryl methyl sites for hydroxylation is 1. The molecule has 0 bridgehead atoms. The highest BCUT2D eigenvalue weighted by Gasteiger charge is 2.35. The van der Waals surface area contributed by atoms with E-state index in [1.807, 2.05) is 0 Å². The zero-order chi connectivity index (χ0) is 19.1. The summed E-state index contributed by atoms with van der Waals surface area (Å²) in [5, 5.41) is 0. The summed E-state index contributed by atoms with van der Waals surface area (Å²) in [6.07, 6.45) is 1.81. The molecule has 11 heteroatoms. The predicted molar refractivity (Wildman–Crippen MR) is 94.1 cm³/mol. The number of ether oxygens (including phenoxy) is 1. The lowest BCUT2D eigenvalue weighted by Crippen LogP contribution is -2.40. The van der Waals surface area contributed by atoms with Gasteiger partial charge in [-0.2, -0.15) is 4.31 Å². The van der Waals surface area contributed by atoms with Gasteiger partial charge in [0.05, 0.1) is 24.7 Å². The standard InChI is InChI=1S/C15H23N3O6S2/c1-16-10-13(26(22,23)18-4-6-24-7-5-18)9-14(16)15(19)17(2)12-3-8-25(20,21)11-12/h9-10,12H,3-8,11H2,1-2H3/t12-/m1/s1. The Bertz CT molecular complexity index is 900. The third kappa shape index (κ3) is 3.66. The van der Waals surface area contributed by atoms with Crippen molar-refractivity contribution in [3.05, 3.63) is 18.0 Å². The van der Waals surface area contributed by atoms with Crippen molar-refractivity contribution in [2.45, 2.75) is 17.4 Å². The minimum atomic E-state index is -3.69. The van der Waals surface area contributed by atoms with E-state index in [4.69, 9.17) is 4.74 Å². The second-order valence-corrected chi connectivity index (χ2v) is 10.8.